The van der Waals surface area contributed by atoms with E-state index in [9.17, 15) is 4.79 Å². The molecule has 0 atom stereocenters. The quantitative estimate of drug-likeness (QED) is 0.799. The van der Waals surface area contributed by atoms with Gasteiger partial charge in [0, 0.05) is 37.8 Å². The van der Waals surface area contributed by atoms with Gasteiger partial charge in [0.1, 0.15) is 9.88 Å². The van der Waals surface area contributed by atoms with E-state index in [0.29, 0.717) is 12.0 Å². The molecule has 1 aliphatic heterocycles. The summed E-state index contributed by atoms with van der Waals surface area (Å²) in [5.74, 6) is 0.650. The number of rotatable bonds is 4. The number of benzene rings is 1. The summed E-state index contributed by atoms with van der Waals surface area (Å²) in [6.07, 6.45) is 0. The van der Waals surface area contributed by atoms with Crippen LogP contribution in [0, 0.1) is 6.92 Å². The van der Waals surface area contributed by atoms with Crippen LogP contribution in [0.4, 0.5) is 0 Å². The first kappa shape index (κ1) is 19.1. The maximum Gasteiger partial charge on any atom is 0.265 e. The smallest absolute Gasteiger partial charge is 0.265 e. The van der Waals surface area contributed by atoms with Crippen molar-refractivity contribution in [3.05, 3.63) is 40.4 Å². The van der Waals surface area contributed by atoms with Crippen LogP contribution in [0.5, 0.6) is 0 Å². The number of amides is 1. The first-order valence-electron chi connectivity index (χ1n) is 9.48. The summed E-state index contributed by atoms with van der Waals surface area (Å²) in [5, 5.41) is 0.932. The third-order valence-electron chi connectivity index (χ3n) is 5.15. The Bertz CT molecular complexity index is 756. The van der Waals surface area contributed by atoms with Crippen molar-refractivity contribution in [1.82, 2.24) is 14.8 Å². The van der Waals surface area contributed by atoms with Gasteiger partial charge in [-0.2, -0.15) is 0 Å². The highest BCUT2D eigenvalue weighted by molar-refractivity contribution is 7.17. The number of aryl methyl sites for hydroxylation is 1. The highest BCUT2D eigenvalue weighted by Gasteiger charge is 2.26. The summed E-state index contributed by atoms with van der Waals surface area (Å²) in [5.41, 5.74) is 3.25. The van der Waals surface area contributed by atoms with Gasteiger partial charge in [0.05, 0.1) is 5.69 Å². The second kappa shape index (κ2) is 7.89. The van der Waals surface area contributed by atoms with Crippen LogP contribution in [-0.2, 0) is 0 Å². The van der Waals surface area contributed by atoms with E-state index in [0.717, 1.165) is 47.3 Å². The summed E-state index contributed by atoms with van der Waals surface area (Å²) in [6.45, 7) is 14.2. The molecule has 1 saturated heterocycles. The monoisotopic (exact) mass is 371 g/mol. The second-order valence-electron chi connectivity index (χ2n) is 7.63. The lowest BCUT2D eigenvalue weighted by Crippen LogP contribution is -2.50. The Morgan fingerprint density at radius 3 is 2.19 bits per heavy atom. The van der Waals surface area contributed by atoms with Gasteiger partial charge in [-0.05, 0) is 32.3 Å². The van der Waals surface area contributed by atoms with E-state index >= 15 is 0 Å². The van der Waals surface area contributed by atoms with Crippen molar-refractivity contribution in [1.29, 1.82) is 0 Å². The van der Waals surface area contributed by atoms with Crippen LogP contribution in [0.2, 0.25) is 0 Å². The first-order chi connectivity index (χ1) is 12.4. The van der Waals surface area contributed by atoms with Crippen molar-refractivity contribution in [2.45, 2.75) is 46.6 Å². The molecule has 0 aliphatic carbocycles. The Balaban J connectivity index is 1.74. The molecule has 0 radical (unpaired) electrons. The van der Waals surface area contributed by atoms with Gasteiger partial charge in [-0.15, -0.1) is 11.3 Å². The molecule has 0 bridgehead atoms. The lowest BCUT2D eigenvalue weighted by atomic mass is 10.0. The average molecular weight is 372 g/mol. The largest absolute Gasteiger partial charge is 0.335 e. The predicted molar refractivity (Wildman–Crippen MR) is 109 cm³/mol. The molecule has 1 aliphatic rings. The normalized spacial score (nSPS) is 15.9. The van der Waals surface area contributed by atoms with Crippen molar-refractivity contribution in [3.63, 3.8) is 0 Å². The number of nitrogens with zero attached hydrogens (tertiary/aromatic N) is 3. The topological polar surface area (TPSA) is 36.4 Å². The van der Waals surface area contributed by atoms with E-state index in [-0.39, 0.29) is 5.91 Å². The Morgan fingerprint density at radius 2 is 1.65 bits per heavy atom. The molecule has 5 heteroatoms. The van der Waals surface area contributed by atoms with Gasteiger partial charge in [-0.1, -0.05) is 38.1 Å². The molecule has 0 unspecified atom stereocenters. The SMILES string of the molecule is Cc1nc(-c2ccc(C(C)C)cc2)sc1C(=O)N1CCN(C(C)C)CC1. The average Bonchev–Trinajstić information content (AvgIpc) is 3.03. The van der Waals surface area contributed by atoms with E-state index in [2.05, 4.69) is 61.8 Å². The predicted octanol–water partition coefficient (Wildman–Crippen LogP) is 4.41. The van der Waals surface area contributed by atoms with Crippen LogP contribution in [0.15, 0.2) is 24.3 Å². The van der Waals surface area contributed by atoms with Gasteiger partial charge in [0.15, 0.2) is 0 Å². The maximum absolute atomic E-state index is 13.0. The molecule has 1 fully saturated rings. The molecule has 4 nitrogen and oxygen atoms in total. The molecule has 26 heavy (non-hydrogen) atoms. The molecular weight excluding hydrogens is 342 g/mol. The highest BCUT2D eigenvalue weighted by Crippen LogP contribution is 2.30. The van der Waals surface area contributed by atoms with Gasteiger partial charge < -0.3 is 4.90 Å². The number of hydrogen-bond donors (Lipinski definition) is 0. The summed E-state index contributed by atoms with van der Waals surface area (Å²) in [6, 6.07) is 9.08. The summed E-state index contributed by atoms with van der Waals surface area (Å²) < 4.78 is 0. The van der Waals surface area contributed by atoms with E-state index in [4.69, 9.17) is 0 Å². The van der Waals surface area contributed by atoms with Crippen molar-refractivity contribution in [3.8, 4) is 10.6 Å². The minimum atomic E-state index is 0.133. The minimum Gasteiger partial charge on any atom is -0.335 e. The molecule has 0 N–H and O–H groups in total. The summed E-state index contributed by atoms with van der Waals surface area (Å²) in [7, 11) is 0. The van der Waals surface area contributed by atoms with Crippen LogP contribution in [0.3, 0.4) is 0 Å². The lowest BCUT2D eigenvalue weighted by Gasteiger charge is -2.36. The van der Waals surface area contributed by atoms with Crippen molar-refractivity contribution in [2.24, 2.45) is 0 Å². The molecule has 140 valence electrons. The van der Waals surface area contributed by atoms with Gasteiger partial charge in [-0.25, -0.2) is 4.98 Å². The van der Waals surface area contributed by atoms with Gasteiger partial charge in [0.2, 0.25) is 0 Å². The molecule has 3 rings (SSSR count). The lowest BCUT2D eigenvalue weighted by molar-refractivity contribution is 0.0599. The van der Waals surface area contributed by atoms with Crippen molar-refractivity contribution < 1.29 is 4.79 Å². The molecule has 2 aromatic rings. The van der Waals surface area contributed by atoms with Gasteiger partial charge >= 0.3 is 0 Å². The van der Waals surface area contributed by atoms with Crippen LogP contribution >= 0.6 is 11.3 Å². The Morgan fingerprint density at radius 1 is 1.04 bits per heavy atom. The third-order valence-corrected chi connectivity index (χ3v) is 6.34. The summed E-state index contributed by atoms with van der Waals surface area (Å²) in [4.78, 5) is 22.8. The molecule has 1 aromatic carbocycles. The standard InChI is InChI=1S/C21H29N3OS/c1-14(2)17-6-8-18(9-7-17)20-22-16(5)19(26-20)21(25)24-12-10-23(11-13-24)15(3)4/h6-9,14-15H,10-13H2,1-5H3. The molecule has 0 spiro atoms. The number of piperazine rings is 1. The second-order valence-corrected chi connectivity index (χ2v) is 8.63. The molecule has 1 amide bonds. The Hall–Kier alpha value is -1.72. The van der Waals surface area contributed by atoms with Crippen LogP contribution < -0.4 is 0 Å². The molecule has 1 aromatic heterocycles. The van der Waals surface area contributed by atoms with E-state index in [1.165, 1.54) is 16.9 Å². The zero-order valence-electron chi connectivity index (χ0n) is 16.5. The van der Waals surface area contributed by atoms with E-state index < -0.39 is 0 Å². The number of hydrogen-bond acceptors (Lipinski definition) is 4. The fourth-order valence-electron chi connectivity index (χ4n) is 3.31. The molecular formula is C21H29N3OS. The fourth-order valence-corrected chi connectivity index (χ4v) is 4.35. The van der Waals surface area contributed by atoms with Crippen LogP contribution in [-0.4, -0.2) is 52.9 Å². The number of carbonyl (C=O) groups excluding carboxylic acids is 1. The van der Waals surface area contributed by atoms with Gasteiger partial charge in [0.25, 0.3) is 5.91 Å². The molecule has 2 heterocycles. The van der Waals surface area contributed by atoms with Gasteiger partial charge in [-0.3, -0.25) is 9.69 Å². The van der Waals surface area contributed by atoms with Crippen LogP contribution in [0.1, 0.15) is 54.5 Å². The zero-order valence-corrected chi connectivity index (χ0v) is 17.3. The molecule has 0 saturated carbocycles. The van der Waals surface area contributed by atoms with E-state index in [1.54, 1.807) is 0 Å². The third kappa shape index (κ3) is 3.99. The Kier molecular flexibility index (Phi) is 5.78. The number of aromatic nitrogens is 1. The summed E-state index contributed by atoms with van der Waals surface area (Å²) >= 11 is 1.52. The maximum atomic E-state index is 13.0. The van der Waals surface area contributed by atoms with Crippen LogP contribution in [0.25, 0.3) is 10.6 Å². The first-order valence-corrected chi connectivity index (χ1v) is 10.3. The zero-order chi connectivity index (χ0) is 18.8. The van der Waals surface area contributed by atoms with Crippen molar-refractivity contribution >= 4 is 17.2 Å². The highest BCUT2D eigenvalue weighted by atomic mass is 32.1. The number of carbonyl (C=O) groups is 1. The van der Waals surface area contributed by atoms with E-state index in [1.807, 2.05) is 11.8 Å². The Labute approximate surface area is 160 Å². The fraction of sp³-hybridized carbons (Fsp3) is 0.524. The minimum absolute atomic E-state index is 0.133. The van der Waals surface area contributed by atoms with Crippen molar-refractivity contribution in [2.75, 3.05) is 26.2 Å². The number of thiazole rings is 1.